The molecule has 0 saturated heterocycles. The first kappa shape index (κ1) is 18.7. The third-order valence-electron chi connectivity index (χ3n) is 3.96. The van der Waals surface area contributed by atoms with E-state index in [4.69, 9.17) is 4.18 Å². The quantitative estimate of drug-likeness (QED) is 0.479. The van der Waals surface area contributed by atoms with Gasteiger partial charge in [-0.3, -0.25) is 4.79 Å². The summed E-state index contributed by atoms with van der Waals surface area (Å²) < 4.78 is 34.7. The van der Waals surface area contributed by atoms with Gasteiger partial charge in [0.2, 0.25) is 0 Å². The van der Waals surface area contributed by atoms with Crippen LogP contribution in [0, 0.1) is 0 Å². The fourth-order valence-electron chi connectivity index (χ4n) is 2.52. The van der Waals surface area contributed by atoms with Crippen molar-refractivity contribution in [1.29, 1.82) is 0 Å². The summed E-state index contributed by atoms with van der Waals surface area (Å²) in [5.74, 6) is -0.189. The van der Waals surface area contributed by atoms with Crippen molar-refractivity contribution in [3.63, 3.8) is 0 Å². The maximum absolute atomic E-state index is 12.5. The van der Waals surface area contributed by atoms with Crippen LogP contribution in [-0.4, -0.2) is 21.5 Å². The minimum atomic E-state index is -3.94. The predicted octanol–water partition coefficient (Wildman–Crippen LogP) is 3.84. The molecule has 0 radical (unpaired) electrons. The number of ether oxygens (including phenoxy) is 1. The van der Waals surface area contributed by atoms with Gasteiger partial charge in [-0.25, -0.2) is 0 Å². The van der Waals surface area contributed by atoms with E-state index in [1.165, 1.54) is 31.4 Å². The van der Waals surface area contributed by atoms with Gasteiger partial charge in [-0.15, -0.1) is 0 Å². The van der Waals surface area contributed by atoms with Gasteiger partial charge >= 0.3 is 16.1 Å². The van der Waals surface area contributed by atoms with E-state index in [9.17, 15) is 13.2 Å². The molecular formula is C21H18O5S. The van der Waals surface area contributed by atoms with E-state index in [1.54, 1.807) is 24.3 Å². The smallest absolute Gasteiger partial charge is 0.339 e. The first-order valence-electron chi connectivity index (χ1n) is 8.24. The molecular weight excluding hydrogens is 364 g/mol. The molecule has 0 aromatic heterocycles. The van der Waals surface area contributed by atoms with Crippen molar-refractivity contribution < 1.29 is 22.1 Å². The average molecular weight is 382 g/mol. The summed E-state index contributed by atoms with van der Waals surface area (Å²) in [5.41, 5.74) is 2.63. The Morgan fingerprint density at radius 3 is 2.00 bits per heavy atom. The Labute approximate surface area is 158 Å². The lowest BCUT2D eigenvalue weighted by atomic mass is 10.1. The first-order valence-corrected chi connectivity index (χ1v) is 9.64. The molecule has 0 aliphatic rings. The summed E-state index contributed by atoms with van der Waals surface area (Å²) in [7, 11) is -2.63. The lowest BCUT2D eigenvalue weighted by Crippen LogP contribution is -2.10. The Morgan fingerprint density at radius 1 is 0.815 bits per heavy atom. The molecule has 0 aliphatic heterocycles. The zero-order chi connectivity index (χ0) is 19.3. The van der Waals surface area contributed by atoms with Gasteiger partial charge in [-0.05, 0) is 41.0 Å². The van der Waals surface area contributed by atoms with Crippen LogP contribution < -0.4 is 4.18 Å². The number of carbonyl (C=O) groups is 1. The predicted molar refractivity (Wildman–Crippen MR) is 102 cm³/mol. The maximum Gasteiger partial charge on any atom is 0.339 e. The number of carbonyl (C=O) groups excluding carboxylic acids is 1. The van der Waals surface area contributed by atoms with Crippen molar-refractivity contribution in [2.24, 2.45) is 0 Å². The van der Waals surface area contributed by atoms with Crippen LogP contribution in [0.5, 0.6) is 5.75 Å². The van der Waals surface area contributed by atoms with E-state index in [0.717, 1.165) is 11.1 Å². The van der Waals surface area contributed by atoms with Gasteiger partial charge < -0.3 is 8.92 Å². The van der Waals surface area contributed by atoms with Crippen molar-refractivity contribution in [2.45, 2.75) is 11.3 Å². The lowest BCUT2D eigenvalue weighted by Gasteiger charge is -2.09. The van der Waals surface area contributed by atoms with E-state index < -0.39 is 10.1 Å². The molecule has 0 unspecified atom stereocenters. The highest BCUT2D eigenvalue weighted by Gasteiger charge is 2.17. The topological polar surface area (TPSA) is 69.7 Å². The average Bonchev–Trinajstić information content (AvgIpc) is 2.70. The highest BCUT2D eigenvalue weighted by molar-refractivity contribution is 7.87. The van der Waals surface area contributed by atoms with Crippen LogP contribution >= 0.6 is 0 Å². The fraction of sp³-hybridized carbons (Fsp3) is 0.0952. The molecule has 0 fully saturated rings. The Hall–Kier alpha value is -3.12. The molecule has 3 aromatic rings. The second-order valence-electron chi connectivity index (χ2n) is 5.82. The molecule has 0 aliphatic carbocycles. The zero-order valence-corrected chi connectivity index (χ0v) is 15.5. The van der Waals surface area contributed by atoms with Crippen LogP contribution in [0.1, 0.15) is 5.56 Å². The second kappa shape index (κ2) is 8.05. The van der Waals surface area contributed by atoms with E-state index in [1.807, 2.05) is 30.3 Å². The Balaban J connectivity index is 1.74. The molecule has 0 N–H and O–H groups in total. The van der Waals surface area contributed by atoms with Crippen LogP contribution in [0.4, 0.5) is 0 Å². The number of hydrogen-bond acceptors (Lipinski definition) is 5. The van der Waals surface area contributed by atoms with Gasteiger partial charge in [0.1, 0.15) is 10.6 Å². The summed E-state index contributed by atoms with van der Waals surface area (Å²) in [6, 6.07) is 22.5. The molecule has 0 heterocycles. The van der Waals surface area contributed by atoms with Crippen molar-refractivity contribution in [3.05, 3.63) is 84.4 Å². The van der Waals surface area contributed by atoms with Crippen LogP contribution in [0.25, 0.3) is 11.1 Å². The van der Waals surface area contributed by atoms with Gasteiger partial charge in [0, 0.05) is 0 Å². The van der Waals surface area contributed by atoms with Crippen molar-refractivity contribution in [1.82, 2.24) is 0 Å². The SMILES string of the molecule is COC(=O)Cc1ccc(OS(=O)(=O)c2ccc(-c3ccccc3)cc2)cc1. The van der Waals surface area contributed by atoms with Crippen LogP contribution in [0.2, 0.25) is 0 Å². The number of hydrogen-bond donors (Lipinski definition) is 0. The van der Waals surface area contributed by atoms with Crippen LogP contribution in [0.3, 0.4) is 0 Å². The number of esters is 1. The summed E-state index contributed by atoms with van der Waals surface area (Å²) in [6.07, 6.45) is 0.116. The molecule has 3 aromatic carbocycles. The Kier molecular flexibility index (Phi) is 5.57. The third kappa shape index (κ3) is 4.74. The fourth-order valence-corrected chi connectivity index (χ4v) is 3.45. The van der Waals surface area contributed by atoms with E-state index in [-0.39, 0.29) is 23.0 Å². The lowest BCUT2D eigenvalue weighted by molar-refractivity contribution is -0.139. The summed E-state index contributed by atoms with van der Waals surface area (Å²) in [6.45, 7) is 0. The largest absolute Gasteiger partial charge is 0.469 e. The Morgan fingerprint density at radius 2 is 1.41 bits per heavy atom. The highest BCUT2D eigenvalue weighted by Crippen LogP contribution is 2.23. The normalized spacial score (nSPS) is 11.0. The van der Waals surface area contributed by atoms with Crippen LogP contribution in [0.15, 0.2) is 83.8 Å². The second-order valence-corrected chi connectivity index (χ2v) is 7.37. The summed E-state index contributed by atoms with van der Waals surface area (Å²) in [5, 5.41) is 0. The standard InChI is InChI=1S/C21H18O5S/c1-25-21(22)15-16-7-11-19(12-8-16)26-27(23,24)20-13-9-18(10-14-20)17-5-3-2-4-6-17/h2-14H,15H2,1H3. The van der Waals surface area contributed by atoms with Gasteiger partial charge in [0.05, 0.1) is 13.5 Å². The molecule has 3 rings (SSSR count). The number of benzene rings is 3. The van der Waals surface area contributed by atoms with Gasteiger partial charge in [0.15, 0.2) is 0 Å². The van der Waals surface area contributed by atoms with Crippen molar-refractivity contribution in [3.8, 4) is 16.9 Å². The molecule has 0 bridgehead atoms. The van der Waals surface area contributed by atoms with Crippen molar-refractivity contribution >= 4 is 16.1 Å². The number of rotatable bonds is 6. The minimum absolute atomic E-state index is 0.0702. The molecule has 5 nitrogen and oxygen atoms in total. The summed E-state index contributed by atoms with van der Waals surface area (Å²) >= 11 is 0. The monoisotopic (exact) mass is 382 g/mol. The summed E-state index contributed by atoms with van der Waals surface area (Å²) in [4.78, 5) is 11.3. The van der Waals surface area contributed by atoms with Gasteiger partial charge in [-0.2, -0.15) is 8.42 Å². The molecule has 0 saturated carbocycles. The molecule has 6 heteroatoms. The van der Waals surface area contributed by atoms with Gasteiger partial charge in [0.25, 0.3) is 0 Å². The molecule has 0 atom stereocenters. The number of methoxy groups -OCH3 is 1. The van der Waals surface area contributed by atoms with Gasteiger partial charge in [-0.1, -0.05) is 54.6 Å². The van der Waals surface area contributed by atoms with E-state index in [0.29, 0.717) is 5.56 Å². The van der Waals surface area contributed by atoms with E-state index in [2.05, 4.69) is 4.74 Å². The molecule has 27 heavy (non-hydrogen) atoms. The van der Waals surface area contributed by atoms with Crippen molar-refractivity contribution in [2.75, 3.05) is 7.11 Å². The zero-order valence-electron chi connectivity index (χ0n) is 14.7. The van der Waals surface area contributed by atoms with Crippen LogP contribution in [-0.2, 0) is 26.1 Å². The highest BCUT2D eigenvalue weighted by atomic mass is 32.2. The molecule has 138 valence electrons. The molecule has 0 amide bonds. The minimum Gasteiger partial charge on any atom is -0.469 e. The maximum atomic E-state index is 12.5. The molecule has 0 spiro atoms. The Bertz CT molecular complexity index is 1010. The third-order valence-corrected chi connectivity index (χ3v) is 5.22. The van der Waals surface area contributed by atoms with E-state index >= 15 is 0 Å². The first-order chi connectivity index (χ1) is 13.0.